The van der Waals surface area contributed by atoms with Crippen LogP contribution >= 0.6 is 0 Å². The van der Waals surface area contributed by atoms with Gasteiger partial charge >= 0.3 is 5.88 Å². The maximum absolute atomic E-state index is 11.6. The number of hydrogen-bond donors (Lipinski definition) is 1. The number of benzene rings is 1. The molecule has 0 aliphatic carbocycles. The Labute approximate surface area is 131 Å². The van der Waals surface area contributed by atoms with E-state index >= 15 is 0 Å². The Morgan fingerprint density at radius 3 is 2.70 bits per heavy atom. The van der Waals surface area contributed by atoms with Crippen molar-refractivity contribution in [2.24, 2.45) is 5.10 Å². The van der Waals surface area contributed by atoms with Gasteiger partial charge in [0.15, 0.2) is 12.4 Å². The third-order valence-corrected chi connectivity index (χ3v) is 2.88. The average molecular weight is 317 g/mol. The van der Waals surface area contributed by atoms with Gasteiger partial charge in [0, 0.05) is 0 Å². The van der Waals surface area contributed by atoms with Gasteiger partial charge in [-0.05, 0) is 30.2 Å². The molecule has 1 N–H and O–H groups in total. The number of nitrogens with one attached hydrogen (secondary N) is 1. The number of ether oxygens (including phenoxy) is 1. The van der Waals surface area contributed by atoms with E-state index < -0.39 is 16.7 Å². The Morgan fingerprint density at radius 2 is 2.09 bits per heavy atom. The summed E-state index contributed by atoms with van der Waals surface area (Å²) in [7, 11) is 0. The minimum atomic E-state index is -0.659. The SMILES string of the molecule is CCc1ccc(OCC(=O)NN=Cc2ccc([N+](=O)[O-])o2)cc1. The largest absolute Gasteiger partial charge is 0.484 e. The summed E-state index contributed by atoms with van der Waals surface area (Å²) < 4.78 is 10.2. The van der Waals surface area contributed by atoms with Gasteiger partial charge in [-0.2, -0.15) is 5.10 Å². The average Bonchev–Trinajstić information content (AvgIpc) is 3.02. The Balaban J connectivity index is 1.77. The van der Waals surface area contributed by atoms with Gasteiger partial charge in [0.2, 0.25) is 0 Å². The lowest BCUT2D eigenvalue weighted by atomic mass is 10.2. The molecule has 2 aromatic rings. The van der Waals surface area contributed by atoms with Gasteiger partial charge in [0.05, 0.1) is 12.3 Å². The third kappa shape index (κ3) is 4.95. The van der Waals surface area contributed by atoms with E-state index in [4.69, 9.17) is 9.15 Å². The standard InChI is InChI=1S/C15H15N3O5/c1-2-11-3-5-12(6-4-11)22-10-14(19)17-16-9-13-7-8-15(23-13)18(20)21/h3-9H,2,10H2,1H3,(H,17,19). The number of hydrazone groups is 1. The zero-order valence-electron chi connectivity index (χ0n) is 12.4. The highest BCUT2D eigenvalue weighted by Crippen LogP contribution is 2.14. The molecular weight excluding hydrogens is 302 g/mol. The van der Waals surface area contributed by atoms with Crippen LogP contribution in [-0.2, 0) is 11.2 Å². The van der Waals surface area contributed by atoms with E-state index in [9.17, 15) is 14.9 Å². The molecule has 0 fully saturated rings. The number of aryl methyl sites for hydroxylation is 1. The summed E-state index contributed by atoms with van der Waals surface area (Å²) in [6, 6.07) is 10.0. The first-order valence-electron chi connectivity index (χ1n) is 6.86. The molecule has 0 aliphatic heterocycles. The highest BCUT2D eigenvalue weighted by atomic mass is 16.6. The number of furan rings is 1. The highest BCUT2D eigenvalue weighted by molar-refractivity contribution is 5.81. The van der Waals surface area contributed by atoms with Crippen LogP contribution in [0.3, 0.4) is 0 Å². The summed E-state index contributed by atoms with van der Waals surface area (Å²) in [4.78, 5) is 21.3. The molecule has 2 rings (SSSR count). The van der Waals surface area contributed by atoms with Crippen molar-refractivity contribution in [1.82, 2.24) is 5.43 Å². The van der Waals surface area contributed by atoms with Crippen molar-refractivity contribution in [3.05, 3.63) is 57.8 Å². The maximum Gasteiger partial charge on any atom is 0.433 e. The van der Waals surface area contributed by atoms with Crippen LogP contribution in [0, 0.1) is 10.1 Å². The molecule has 0 saturated heterocycles. The Morgan fingerprint density at radius 1 is 1.35 bits per heavy atom. The first-order valence-corrected chi connectivity index (χ1v) is 6.86. The van der Waals surface area contributed by atoms with E-state index in [1.165, 1.54) is 23.9 Å². The Bertz CT molecular complexity index is 706. The van der Waals surface area contributed by atoms with Gasteiger partial charge in [-0.25, -0.2) is 5.43 Å². The van der Waals surface area contributed by atoms with Crippen LogP contribution in [0.4, 0.5) is 5.88 Å². The fourth-order valence-corrected chi connectivity index (χ4v) is 1.68. The number of nitrogens with zero attached hydrogens (tertiary/aromatic N) is 2. The topological polar surface area (TPSA) is 107 Å². The van der Waals surface area contributed by atoms with Crippen molar-refractivity contribution in [3.63, 3.8) is 0 Å². The Kier molecular flexibility index (Phi) is 5.45. The minimum Gasteiger partial charge on any atom is -0.484 e. The van der Waals surface area contributed by atoms with Crippen LogP contribution in [0.15, 0.2) is 45.9 Å². The van der Waals surface area contributed by atoms with E-state index in [1.807, 2.05) is 12.1 Å². The first kappa shape index (κ1) is 16.2. The first-order chi connectivity index (χ1) is 11.1. The fraction of sp³-hybridized carbons (Fsp3) is 0.200. The number of nitro groups is 1. The monoisotopic (exact) mass is 317 g/mol. The molecule has 1 aromatic carbocycles. The second-order valence-electron chi connectivity index (χ2n) is 4.51. The minimum absolute atomic E-state index is 0.160. The number of carbonyl (C=O) groups excluding carboxylic acids is 1. The normalized spacial score (nSPS) is 10.7. The molecule has 0 spiro atoms. The van der Waals surface area contributed by atoms with Gasteiger partial charge < -0.3 is 9.15 Å². The number of carbonyl (C=O) groups is 1. The molecule has 0 unspecified atom stereocenters. The van der Waals surface area contributed by atoms with Crippen molar-refractivity contribution in [1.29, 1.82) is 0 Å². The molecule has 0 bridgehead atoms. The van der Waals surface area contributed by atoms with Gasteiger partial charge in [0.25, 0.3) is 5.91 Å². The van der Waals surface area contributed by atoms with Crippen molar-refractivity contribution in [2.75, 3.05) is 6.61 Å². The van der Waals surface area contributed by atoms with Crippen LogP contribution in [0.25, 0.3) is 0 Å². The number of hydrogen-bond acceptors (Lipinski definition) is 6. The predicted octanol–water partition coefficient (Wildman–Crippen LogP) is 2.28. The lowest BCUT2D eigenvalue weighted by Crippen LogP contribution is -2.24. The highest BCUT2D eigenvalue weighted by Gasteiger charge is 2.10. The predicted molar refractivity (Wildman–Crippen MR) is 82.4 cm³/mol. The number of amides is 1. The molecule has 1 heterocycles. The second kappa shape index (κ2) is 7.74. The van der Waals surface area contributed by atoms with Crippen molar-refractivity contribution in [3.8, 4) is 5.75 Å². The smallest absolute Gasteiger partial charge is 0.433 e. The zero-order valence-corrected chi connectivity index (χ0v) is 12.4. The molecule has 1 aromatic heterocycles. The molecule has 23 heavy (non-hydrogen) atoms. The fourth-order valence-electron chi connectivity index (χ4n) is 1.68. The van der Waals surface area contributed by atoms with E-state index in [0.29, 0.717) is 5.75 Å². The summed E-state index contributed by atoms with van der Waals surface area (Å²) in [5.41, 5.74) is 3.42. The molecule has 0 saturated carbocycles. The molecule has 1 amide bonds. The Hall–Kier alpha value is -3.16. The zero-order chi connectivity index (χ0) is 16.7. The van der Waals surface area contributed by atoms with Gasteiger partial charge in [-0.15, -0.1) is 0 Å². The molecule has 0 radical (unpaired) electrons. The van der Waals surface area contributed by atoms with Gasteiger partial charge in [0.1, 0.15) is 10.7 Å². The van der Waals surface area contributed by atoms with Crippen LogP contribution in [0.5, 0.6) is 5.75 Å². The molecule has 8 heteroatoms. The molecule has 8 nitrogen and oxygen atoms in total. The van der Waals surface area contributed by atoms with Crippen LogP contribution in [0.1, 0.15) is 18.2 Å². The quantitative estimate of drug-likeness (QED) is 0.479. The summed E-state index contributed by atoms with van der Waals surface area (Å²) >= 11 is 0. The summed E-state index contributed by atoms with van der Waals surface area (Å²) in [5.74, 6) is -0.102. The van der Waals surface area contributed by atoms with Crippen LogP contribution in [-0.4, -0.2) is 23.7 Å². The second-order valence-corrected chi connectivity index (χ2v) is 4.51. The van der Waals surface area contributed by atoms with Crippen molar-refractivity contribution < 1.29 is 18.9 Å². The van der Waals surface area contributed by atoms with Gasteiger partial charge in [-0.1, -0.05) is 19.1 Å². The van der Waals surface area contributed by atoms with Crippen LogP contribution in [0.2, 0.25) is 0 Å². The number of rotatable bonds is 7. The third-order valence-electron chi connectivity index (χ3n) is 2.88. The molecule has 0 atom stereocenters. The summed E-state index contributed by atoms with van der Waals surface area (Å²) in [5, 5.41) is 14.1. The van der Waals surface area contributed by atoms with Crippen molar-refractivity contribution in [2.45, 2.75) is 13.3 Å². The summed E-state index contributed by atoms with van der Waals surface area (Å²) in [6.45, 7) is 1.86. The van der Waals surface area contributed by atoms with Crippen LogP contribution < -0.4 is 10.2 Å². The van der Waals surface area contributed by atoms with Crippen molar-refractivity contribution >= 4 is 18.0 Å². The lowest BCUT2D eigenvalue weighted by Gasteiger charge is -2.05. The van der Waals surface area contributed by atoms with Gasteiger partial charge in [-0.3, -0.25) is 14.9 Å². The van der Waals surface area contributed by atoms with E-state index in [2.05, 4.69) is 17.5 Å². The van der Waals surface area contributed by atoms with E-state index in [1.54, 1.807) is 12.1 Å². The lowest BCUT2D eigenvalue weighted by molar-refractivity contribution is -0.402. The summed E-state index contributed by atoms with van der Waals surface area (Å²) in [6.07, 6.45) is 2.10. The maximum atomic E-state index is 11.6. The van der Waals surface area contributed by atoms with E-state index in [-0.39, 0.29) is 12.4 Å². The molecular formula is C15H15N3O5. The molecule has 0 aliphatic rings. The van der Waals surface area contributed by atoms with E-state index in [0.717, 1.165) is 6.42 Å². The molecule has 120 valence electrons.